The maximum Gasteiger partial charge on any atom is 0.0326 e. The summed E-state index contributed by atoms with van der Waals surface area (Å²) in [5.74, 6) is 0. The van der Waals surface area contributed by atoms with E-state index in [1.807, 2.05) is 0 Å². The lowest BCUT2D eigenvalue weighted by atomic mass is 9.83. The lowest BCUT2D eigenvalue weighted by Crippen LogP contribution is -2.33. The van der Waals surface area contributed by atoms with Crippen molar-refractivity contribution in [3.63, 3.8) is 0 Å². The smallest absolute Gasteiger partial charge is 0.0326 e. The molecule has 0 aliphatic heterocycles. The highest BCUT2D eigenvalue weighted by atomic mass is 14.9. The molecule has 98 valence electrons. The third-order valence-electron chi connectivity index (χ3n) is 5.27. The second kappa shape index (κ2) is 5.05. The topological polar surface area (TPSA) is 12.0 Å². The van der Waals surface area contributed by atoms with Crippen molar-refractivity contribution in [3.8, 4) is 0 Å². The van der Waals surface area contributed by atoms with Crippen LogP contribution in [0.15, 0.2) is 24.3 Å². The van der Waals surface area contributed by atoms with Gasteiger partial charge in [0.15, 0.2) is 0 Å². The van der Waals surface area contributed by atoms with Gasteiger partial charge >= 0.3 is 0 Å². The van der Waals surface area contributed by atoms with Crippen molar-refractivity contribution in [3.05, 3.63) is 35.4 Å². The van der Waals surface area contributed by atoms with Crippen LogP contribution in [0.3, 0.4) is 0 Å². The van der Waals surface area contributed by atoms with Gasteiger partial charge in [-0.1, -0.05) is 44.0 Å². The number of rotatable bonds is 4. The van der Waals surface area contributed by atoms with Crippen LogP contribution in [-0.4, -0.2) is 6.54 Å². The maximum absolute atomic E-state index is 3.87. The molecule has 1 heteroatoms. The zero-order valence-electron chi connectivity index (χ0n) is 11.5. The van der Waals surface area contributed by atoms with Gasteiger partial charge in [0, 0.05) is 12.6 Å². The first-order valence-corrected chi connectivity index (χ1v) is 7.64. The quantitative estimate of drug-likeness (QED) is 0.834. The minimum Gasteiger partial charge on any atom is -0.309 e. The van der Waals surface area contributed by atoms with E-state index in [4.69, 9.17) is 0 Å². The molecule has 1 N–H and O–H groups in total. The van der Waals surface area contributed by atoms with Crippen LogP contribution in [0, 0.1) is 5.41 Å². The molecule has 3 rings (SSSR count). The van der Waals surface area contributed by atoms with Crippen molar-refractivity contribution < 1.29 is 0 Å². The standard InChI is InChI=1S/C17H25N/c1-2-17(11-5-6-12-17)13-18-16-10-9-14-7-3-4-8-15(14)16/h3-4,7-8,16,18H,2,5-6,9-13H2,1H3. The SMILES string of the molecule is CCC1(CNC2CCc3ccccc32)CCCC1. The zero-order valence-corrected chi connectivity index (χ0v) is 11.5. The van der Waals surface area contributed by atoms with Gasteiger partial charge < -0.3 is 5.32 Å². The van der Waals surface area contributed by atoms with Gasteiger partial charge in [-0.15, -0.1) is 0 Å². The van der Waals surface area contributed by atoms with Crippen LogP contribution >= 0.6 is 0 Å². The Bertz CT molecular complexity index is 404. The molecule has 1 saturated carbocycles. The maximum atomic E-state index is 3.87. The molecule has 0 bridgehead atoms. The van der Waals surface area contributed by atoms with Crippen molar-refractivity contribution in [2.75, 3.05) is 6.54 Å². The van der Waals surface area contributed by atoms with Gasteiger partial charge in [0.25, 0.3) is 0 Å². The van der Waals surface area contributed by atoms with Crippen LogP contribution in [0.25, 0.3) is 0 Å². The predicted octanol–water partition coefficient (Wildman–Crippen LogP) is 4.23. The summed E-state index contributed by atoms with van der Waals surface area (Å²) in [6, 6.07) is 9.58. The van der Waals surface area contributed by atoms with Gasteiger partial charge in [-0.25, -0.2) is 0 Å². The first kappa shape index (κ1) is 12.2. The molecule has 0 spiro atoms. The first-order chi connectivity index (χ1) is 8.83. The van der Waals surface area contributed by atoms with Crippen molar-refractivity contribution in [2.45, 2.75) is 57.9 Å². The summed E-state index contributed by atoms with van der Waals surface area (Å²) < 4.78 is 0. The third kappa shape index (κ3) is 2.21. The number of hydrogen-bond donors (Lipinski definition) is 1. The molecule has 0 amide bonds. The first-order valence-electron chi connectivity index (χ1n) is 7.64. The Labute approximate surface area is 111 Å². The van der Waals surface area contributed by atoms with Crippen LogP contribution in [0.1, 0.15) is 62.6 Å². The Morgan fingerprint density at radius 3 is 2.78 bits per heavy atom. The molecular weight excluding hydrogens is 218 g/mol. The Hall–Kier alpha value is -0.820. The fraction of sp³-hybridized carbons (Fsp3) is 0.647. The van der Waals surface area contributed by atoms with Crippen molar-refractivity contribution in [1.29, 1.82) is 0 Å². The molecule has 1 unspecified atom stereocenters. The minimum absolute atomic E-state index is 0.609. The molecule has 0 heterocycles. The molecule has 1 fully saturated rings. The lowest BCUT2D eigenvalue weighted by molar-refractivity contribution is 0.255. The Morgan fingerprint density at radius 1 is 1.22 bits per heavy atom. The van der Waals surface area contributed by atoms with Crippen molar-refractivity contribution in [2.24, 2.45) is 5.41 Å². The van der Waals surface area contributed by atoms with Crippen LogP contribution < -0.4 is 5.32 Å². The molecular formula is C17H25N. The molecule has 1 nitrogen and oxygen atoms in total. The fourth-order valence-corrected chi connectivity index (χ4v) is 3.89. The van der Waals surface area contributed by atoms with Gasteiger partial charge in [0.2, 0.25) is 0 Å². The molecule has 1 aromatic carbocycles. The van der Waals surface area contributed by atoms with E-state index in [0.717, 1.165) is 0 Å². The Morgan fingerprint density at radius 2 is 2.00 bits per heavy atom. The van der Waals surface area contributed by atoms with Crippen LogP contribution in [0.5, 0.6) is 0 Å². The molecule has 18 heavy (non-hydrogen) atoms. The van der Waals surface area contributed by atoms with Gasteiger partial charge in [0.05, 0.1) is 0 Å². The van der Waals surface area contributed by atoms with Crippen molar-refractivity contribution >= 4 is 0 Å². The highest BCUT2D eigenvalue weighted by Crippen LogP contribution is 2.41. The van der Waals surface area contributed by atoms with Crippen LogP contribution in [0.2, 0.25) is 0 Å². The molecule has 2 aliphatic rings. The van der Waals surface area contributed by atoms with Gasteiger partial charge in [-0.05, 0) is 48.6 Å². The molecule has 1 atom stereocenters. The summed E-state index contributed by atoms with van der Waals surface area (Å²) >= 11 is 0. The van der Waals surface area contributed by atoms with E-state index in [2.05, 4.69) is 36.5 Å². The third-order valence-corrected chi connectivity index (χ3v) is 5.27. The lowest BCUT2D eigenvalue weighted by Gasteiger charge is -2.30. The molecule has 2 aliphatic carbocycles. The molecule has 1 aromatic rings. The van der Waals surface area contributed by atoms with Crippen molar-refractivity contribution in [1.82, 2.24) is 5.32 Å². The summed E-state index contributed by atoms with van der Waals surface area (Å²) in [6.07, 6.45) is 9.64. The summed E-state index contributed by atoms with van der Waals surface area (Å²) in [5, 5.41) is 3.87. The number of benzene rings is 1. The van der Waals surface area contributed by atoms with E-state index >= 15 is 0 Å². The van der Waals surface area contributed by atoms with Crippen LogP contribution in [0.4, 0.5) is 0 Å². The second-order valence-electron chi connectivity index (χ2n) is 6.23. The normalized spacial score (nSPS) is 25.3. The number of hydrogen-bond acceptors (Lipinski definition) is 1. The largest absolute Gasteiger partial charge is 0.309 e. The number of aryl methyl sites for hydroxylation is 1. The average Bonchev–Trinajstić information content (AvgIpc) is 3.04. The summed E-state index contributed by atoms with van der Waals surface area (Å²) in [4.78, 5) is 0. The van der Waals surface area contributed by atoms with E-state index < -0.39 is 0 Å². The molecule has 0 saturated heterocycles. The summed E-state index contributed by atoms with van der Waals surface area (Å²) in [6.45, 7) is 3.60. The highest BCUT2D eigenvalue weighted by Gasteiger charge is 2.33. The zero-order chi connectivity index (χ0) is 12.4. The second-order valence-corrected chi connectivity index (χ2v) is 6.23. The van der Waals surface area contributed by atoms with Gasteiger partial charge in [-0.3, -0.25) is 0 Å². The molecule has 0 aromatic heterocycles. The Kier molecular flexibility index (Phi) is 3.43. The molecule has 0 radical (unpaired) electrons. The number of nitrogens with one attached hydrogen (secondary N) is 1. The van der Waals surface area contributed by atoms with Gasteiger partial charge in [0.1, 0.15) is 0 Å². The van der Waals surface area contributed by atoms with E-state index in [1.54, 1.807) is 11.1 Å². The summed E-state index contributed by atoms with van der Waals surface area (Å²) in [5.41, 5.74) is 3.73. The Balaban J connectivity index is 1.65. The number of fused-ring (bicyclic) bond motifs is 1. The van der Waals surface area contributed by atoms with E-state index in [0.29, 0.717) is 11.5 Å². The van der Waals surface area contributed by atoms with E-state index in [-0.39, 0.29) is 0 Å². The average molecular weight is 243 g/mol. The monoisotopic (exact) mass is 243 g/mol. The fourth-order valence-electron chi connectivity index (χ4n) is 3.89. The van der Waals surface area contributed by atoms with E-state index in [1.165, 1.54) is 51.5 Å². The highest BCUT2D eigenvalue weighted by molar-refractivity contribution is 5.34. The predicted molar refractivity (Wildman–Crippen MR) is 76.7 cm³/mol. The van der Waals surface area contributed by atoms with Gasteiger partial charge in [-0.2, -0.15) is 0 Å². The van der Waals surface area contributed by atoms with Crippen LogP contribution in [-0.2, 0) is 6.42 Å². The van der Waals surface area contributed by atoms with E-state index in [9.17, 15) is 0 Å². The summed E-state index contributed by atoms with van der Waals surface area (Å²) in [7, 11) is 0. The minimum atomic E-state index is 0.609.